The summed E-state index contributed by atoms with van der Waals surface area (Å²) in [5, 5.41) is 6.40. The van der Waals surface area contributed by atoms with Gasteiger partial charge in [0, 0.05) is 24.2 Å². The van der Waals surface area contributed by atoms with Crippen molar-refractivity contribution in [1.82, 2.24) is 15.2 Å². The third kappa shape index (κ3) is 2.98. The van der Waals surface area contributed by atoms with Gasteiger partial charge in [0.1, 0.15) is 0 Å². The summed E-state index contributed by atoms with van der Waals surface area (Å²) in [6.45, 7) is 1.71. The lowest BCUT2D eigenvalue weighted by molar-refractivity contribution is 0.0846. The first kappa shape index (κ1) is 15.1. The van der Waals surface area contributed by atoms with Gasteiger partial charge in [0.25, 0.3) is 0 Å². The van der Waals surface area contributed by atoms with Crippen LogP contribution in [0.5, 0.6) is 0 Å². The van der Waals surface area contributed by atoms with E-state index in [2.05, 4.69) is 38.8 Å². The zero-order valence-corrected chi connectivity index (χ0v) is 14.4. The Kier molecular flexibility index (Phi) is 4.29. The Hall–Kier alpha value is -1.50. The topological polar surface area (TPSA) is 37.4 Å². The summed E-state index contributed by atoms with van der Waals surface area (Å²) >= 11 is 7.41. The van der Waals surface area contributed by atoms with Gasteiger partial charge in [-0.3, -0.25) is 4.98 Å². The summed E-state index contributed by atoms with van der Waals surface area (Å²) in [4.78, 5) is 8.15. The minimum Gasteiger partial charge on any atom is -0.376 e. The molecule has 120 valence electrons. The van der Waals surface area contributed by atoms with Gasteiger partial charge in [-0.25, -0.2) is 0 Å². The van der Waals surface area contributed by atoms with E-state index in [1.54, 1.807) is 11.3 Å². The molecule has 3 atom stereocenters. The van der Waals surface area contributed by atoms with Crippen LogP contribution < -0.4 is 5.32 Å². The van der Waals surface area contributed by atoms with Crippen molar-refractivity contribution in [2.75, 3.05) is 13.2 Å². The molecule has 0 spiro atoms. The standard InChI is InChI=1S/C17H19N3OS2/c22-17-19-15(13-6-1-2-8-18-13)16(14-7-4-10-23-14)20(17)11-12-5-3-9-21-12/h1-2,4,6-8,10,12,15-16H,3,5,9,11H2,(H,19,22)/t12-,15+,16+/m0/s1. The quantitative estimate of drug-likeness (QED) is 0.861. The molecule has 0 saturated carbocycles. The molecule has 2 aliphatic heterocycles. The predicted molar refractivity (Wildman–Crippen MR) is 95.5 cm³/mol. The number of nitrogens with zero attached hydrogens (tertiary/aromatic N) is 2. The van der Waals surface area contributed by atoms with Crippen LogP contribution in [0, 0.1) is 0 Å². The average molecular weight is 345 g/mol. The number of pyridine rings is 1. The summed E-state index contributed by atoms with van der Waals surface area (Å²) in [5.74, 6) is 0. The van der Waals surface area contributed by atoms with E-state index in [0.717, 1.165) is 36.8 Å². The highest BCUT2D eigenvalue weighted by Crippen LogP contribution is 2.40. The van der Waals surface area contributed by atoms with Crippen LogP contribution in [0.15, 0.2) is 41.9 Å². The van der Waals surface area contributed by atoms with E-state index in [9.17, 15) is 0 Å². The molecule has 23 heavy (non-hydrogen) atoms. The summed E-state index contributed by atoms with van der Waals surface area (Å²) < 4.78 is 5.83. The molecule has 4 nitrogen and oxygen atoms in total. The number of hydrogen-bond donors (Lipinski definition) is 1. The summed E-state index contributed by atoms with van der Waals surface area (Å²) in [7, 11) is 0. The second-order valence-corrected chi connectivity index (χ2v) is 7.30. The van der Waals surface area contributed by atoms with E-state index >= 15 is 0 Å². The summed E-state index contributed by atoms with van der Waals surface area (Å²) in [6.07, 6.45) is 4.38. The molecule has 2 aromatic heterocycles. The normalized spacial score (nSPS) is 27.4. The van der Waals surface area contributed by atoms with Crippen molar-refractivity contribution in [3.05, 3.63) is 52.5 Å². The van der Waals surface area contributed by atoms with Crippen molar-refractivity contribution in [1.29, 1.82) is 0 Å². The average Bonchev–Trinajstić information content (AvgIpc) is 3.31. The highest BCUT2D eigenvalue weighted by atomic mass is 32.1. The van der Waals surface area contributed by atoms with Crippen molar-refractivity contribution in [3.63, 3.8) is 0 Å². The first-order valence-electron chi connectivity index (χ1n) is 7.96. The van der Waals surface area contributed by atoms with Gasteiger partial charge >= 0.3 is 0 Å². The molecule has 0 bridgehead atoms. The fourth-order valence-electron chi connectivity index (χ4n) is 3.38. The van der Waals surface area contributed by atoms with Gasteiger partial charge in [0.05, 0.1) is 23.9 Å². The monoisotopic (exact) mass is 345 g/mol. The molecule has 2 saturated heterocycles. The van der Waals surface area contributed by atoms with Crippen molar-refractivity contribution >= 4 is 28.7 Å². The van der Waals surface area contributed by atoms with Crippen LogP contribution >= 0.6 is 23.6 Å². The van der Waals surface area contributed by atoms with E-state index in [1.165, 1.54) is 4.88 Å². The Bertz CT molecular complexity index is 656. The Morgan fingerprint density at radius 2 is 2.30 bits per heavy atom. The Morgan fingerprint density at radius 3 is 3.00 bits per heavy atom. The van der Waals surface area contributed by atoms with Crippen molar-refractivity contribution in [2.24, 2.45) is 0 Å². The maximum absolute atomic E-state index is 5.83. The number of nitrogens with one attached hydrogen (secondary N) is 1. The van der Waals surface area contributed by atoms with E-state index in [1.807, 2.05) is 18.3 Å². The van der Waals surface area contributed by atoms with Crippen LogP contribution in [0.1, 0.15) is 35.5 Å². The minimum absolute atomic E-state index is 0.0868. The molecule has 4 rings (SSSR count). The molecular weight excluding hydrogens is 326 g/mol. The van der Waals surface area contributed by atoms with Crippen LogP contribution in [0.4, 0.5) is 0 Å². The zero-order chi connectivity index (χ0) is 15.6. The molecular formula is C17H19N3OS2. The third-order valence-corrected chi connectivity index (χ3v) is 5.75. The first-order chi connectivity index (χ1) is 11.3. The maximum atomic E-state index is 5.83. The van der Waals surface area contributed by atoms with Crippen LogP contribution in [0.2, 0.25) is 0 Å². The zero-order valence-electron chi connectivity index (χ0n) is 12.7. The molecule has 0 unspecified atom stereocenters. The Balaban J connectivity index is 1.66. The van der Waals surface area contributed by atoms with Crippen molar-refractivity contribution < 1.29 is 4.74 Å². The smallest absolute Gasteiger partial charge is 0.170 e. The largest absolute Gasteiger partial charge is 0.376 e. The van der Waals surface area contributed by atoms with Gasteiger partial charge in [-0.2, -0.15) is 0 Å². The summed E-state index contributed by atoms with van der Waals surface area (Å²) in [6, 6.07) is 10.6. The van der Waals surface area contributed by atoms with Crippen LogP contribution in [0.3, 0.4) is 0 Å². The lowest BCUT2D eigenvalue weighted by atomic mass is 10.0. The molecule has 2 fully saturated rings. The molecule has 0 aliphatic carbocycles. The Morgan fingerprint density at radius 1 is 1.35 bits per heavy atom. The second kappa shape index (κ2) is 6.55. The molecule has 0 radical (unpaired) electrons. The van der Waals surface area contributed by atoms with E-state index < -0.39 is 0 Å². The first-order valence-corrected chi connectivity index (χ1v) is 9.25. The molecule has 6 heteroatoms. The van der Waals surface area contributed by atoms with Gasteiger partial charge in [-0.15, -0.1) is 11.3 Å². The molecule has 0 amide bonds. The highest BCUT2D eigenvalue weighted by molar-refractivity contribution is 7.80. The fraction of sp³-hybridized carbons (Fsp3) is 0.412. The lowest BCUT2D eigenvalue weighted by Crippen LogP contribution is -2.36. The number of thiophene rings is 1. The third-order valence-electron chi connectivity index (χ3n) is 4.46. The van der Waals surface area contributed by atoms with Gasteiger partial charge in [0.2, 0.25) is 0 Å². The van der Waals surface area contributed by atoms with Crippen LogP contribution in [-0.4, -0.2) is 34.3 Å². The van der Waals surface area contributed by atoms with Crippen molar-refractivity contribution in [3.8, 4) is 0 Å². The second-order valence-electron chi connectivity index (χ2n) is 5.93. The molecule has 2 aromatic rings. The number of thiocarbonyl (C=S) groups is 1. The van der Waals surface area contributed by atoms with E-state index in [4.69, 9.17) is 17.0 Å². The van der Waals surface area contributed by atoms with E-state index in [-0.39, 0.29) is 18.2 Å². The number of hydrogen-bond acceptors (Lipinski definition) is 4. The van der Waals surface area contributed by atoms with Gasteiger partial charge in [0.15, 0.2) is 5.11 Å². The van der Waals surface area contributed by atoms with Crippen LogP contribution in [-0.2, 0) is 4.74 Å². The SMILES string of the molecule is S=C1N[C@H](c2ccccn2)[C@@H](c2cccs2)N1C[C@@H]1CCCO1. The molecule has 0 aromatic carbocycles. The predicted octanol–water partition coefficient (Wildman–Crippen LogP) is 3.29. The van der Waals surface area contributed by atoms with Gasteiger partial charge in [-0.1, -0.05) is 12.1 Å². The van der Waals surface area contributed by atoms with E-state index in [0.29, 0.717) is 0 Å². The van der Waals surface area contributed by atoms with Crippen molar-refractivity contribution in [2.45, 2.75) is 31.0 Å². The number of aromatic nitrogens is 1. The number of ether oxygens (including phenoxy) is 1. The van der Waals surface area contributed by atoms with Gasteiger partial charge in [-0.05, 0) is 48.6 Å². The van der Waals surface area contributed by atoms with Crippen LogP contribution in [0.25, 0.3) is 0 Å². The minimum atomic E-state index is 0.0868. The fourth-order valence-corrected chi connectivity index (χ4v) is 4.57. The summed E-state index contributed by atoms with van der Waals surface area (Å²) in [5.41, 5.74) is 1.03. The molecule has 2 aliphatic rings. The Labute approximate surface area is 145 Å². The number of rotatable bonds is 4. The maximum Gasteiger partial charge on any atom is 0.170 e. The molecule has 1 N–H and O–H groups in total. The van der Waals surface area contributed by atoms with Gasteiger partial charge < -0.3 is 15.0 Å². The molecule has 4 heterocycles. The lowest BCUT2D eigenvalue weighted by Gasteiger charge is -2.28. The highest BCUT2D eigenvalue weighted by Gasteiger charge is 2.41.